The molecule has 0 saturated heterocycles. The number of hydrogen-bond acceptors (Lipinski definition) is 1. The van der Waals surface area contributed by atoms with Gasteiger partial charge in [-0.3, -0.25) is 0 Å². The van der Waals surface area contributed by atoms with Crippen LogP contribution < -0.4 is 0 Å². The fourth-order valence-electron chi connectivity index (χ4n) is 0.470. The van der Waals surface area contributed by atoms with Crippen LogP contribution in [0, 0.1) is 5.92 Å². The van der Waals surface area contributed by atoms with Crippen molar-refractivity contribution in [1.82, 2.24) is 4.81 Å². The maximum atomic E-state index is 5.47. The van der Waals surface area contributed by atoms with E-state index in [1.807, 2.05) is 7.05 Å². The van der Waals surface area contributed by atoms with Crippen molar-refractivity contribution < 1.29 is 0 Å². The van der Waals surface area contributed by atoms with Crippen LogP contribution in [0.3, 0.4) is 0 Å². The van der Waals surface area contributed by atoms with Gasteiger partial charge in [0.05, 0.1) is 0 Å². The smallest absolute Gasteiger partial charge is 0.182 e. The quantitative estimate of drug-likeness (QED) is 0.481. The largest absolute Gasteiger partial charge is 0.354 e. The molecular weight excluding hydrogens is 96.9 g/mol. The van der Waals surface area contributed by atoms with Gasteiger partial charge >= 0.3 is 0 Å². The lowest BCUT2D eigenvalue weighted by Crippen LogP contribution is -2.30. The zero-order valence-electron chi connectivity index (χ0n) is 6.18. The van der Waals surface area contributed by atoms with Gasteiger partial charge in [0.25, 0.3) is 0 Å². The molecule has 8 heavy (non-hydrogen) atoms. The molecule has 2 radical (unpaired) electrons. The molecule has 0 aliphatic carbocycles. The first-order valence-corrected chi connectivity index (χ1v) is 3.03. The van der Waals surface area contributed by atoms with Crippen molar-refractivity contribution in [2.24, 2.45) is 5.92 Å². The van der Waals surface area contributed by atoms with Crippen LogP contribution >= 0.6 is 0 Å². The first-order valence-electron chi connectivity index (χ1n) is 3.03. The Balaban J connectivity index is 3.46. The van der Waals surface area contributed by atoms with Crippen LogP contribution in [0.15, 0.2) is 0 Å². The topological polar surface area (TPSA) is 3.24 Å². The van der Waals surface area contributed by atoms with E-state index in [0.29, 0.717) is 12.0 Å². The standard InChI is InChI=1S/C6H14BN/c1-5(2)6(3)8(4)7/h5-6H,1-4H3. The Morgan fingerprint density at radius 2 is 1.62 bits per heavy atom. The second-order valence-electron chi connectivity index (χ2n) is 2.65. The highest BCUT2D eigenvalue weighted by molar-refractivity contribution is 6.04. The lowest BCUT2D eigenvalue weighted by atomic mass is 10.0. The van der Waals surface area contributed by atoms with Gasteiger partial charge in [0.1, 0.15) is 0 Å². The van der Waals surface area contributed by atoms with E-state index in [9.17, 15) is 0 Å². The van der Waals surface area contributed by atoms with Crippen LogP contribution in [0.25, 0.3) is 0 Å². The Kier molecular flexibility index (Phi) is 3.14. The molecule has 0 aliphatic rings. The minimum absolute atomic E-state index is 0.481. The molecule has 0 bridgehead atoms. The number of rotatable bonds is 2. The van der Waals surface area contributed by atoms with Gasteiger partial charge in [-0.15, -0.1) is 0 Å². The van der Waals surface area contributed by atoms with Crippen LogP contribution in [0.1, 0.15) is 20.8 Å². The molecule has 0 aromatic heterocycles. The minimum Gasteiger partial charge on any atom is -0.354 e. The summed E-state index contributed by atoms with van der Waals surface area (Å²) in [6.45, 7) is 6.44. The molecule has 1 atom stereocenters. The predicted molar refractivity (Wildman–Crippen MR) is 37.8 cm³/mol. The summed E-state index contributed by atoms with van der Waals surface area (Å²) in [6.07, 6.45) is 0. The zero-order chi connectivity index (χ0) is 6.73. The fourth-order valence-corrected chi connectivity index (χ4v) is 0.470. The molecule has 2 heteroatoms. The average Bonchev–Trinajstić information content (AvgIpc) is 1.64. The summed E-state index contributed by atoms with van der Waals surface area (Å²) in [7, 11) is 7.36. The van der Waals surface area contributed by atoms with Gasteiger partial charge in [0, 0.05) is 0 Å². The van der Waals surface area contributed by atoms with E-state index in [0.717, 1.165) is 0 Å². The van der Waals surface area contributed by atoms with Crippen LogP contribution in [-0.4, -0.2) is 25.9 Å². The normalized spacial score (nSPS) is 15.2. The van der Waals surface area contributed by atoms with Crippen LogP contribution in [0.4, 0.5) is 0 Å². The molecule has 1 unspecified atom stereocenters. The summed E-state index contributed by atoms with van der Waals surface area (Å²) in [5.74, 6) is 0.644. The molecule has 0 heterocycles. The van der Waals surface area contributed by atoms with Gasteiger partial charge in [-0.25, -0.2) is 0 Å². The van der Waals surface area contributed by atoms with E-state index >= 15 is 0 Å². The molecular formula is C6H14BN. The summed E-state index contributed by atoms with van der Waals surface area (Å²) in [5, 5.41) is 0. The average molecular weight is 111 g/mol. The second kappa shape index (κ2) is 3.13. The molecule has 0 aromatic carbocycles. The van der Waals surface area contributed by atoms with Crippen LogP contribution in [0.5, 0.6) is 0 Å². The summed E-state index contributed by atoms with van der Waals surface area (Å²) in [4.78, 5) is 1.74. The molecule has 0 amide bonds. The molecule has 0 N–H and O–H groups in total. The van der Waals surface area contributed by atoms with E-state index in [-0.39, 0.29) is 0 Å². The molecule has 0 aliphatic heterocycles. The third kappa shape index (κ3) is 2.36. The van der Waals surface area contributed by atoms with Crippen LogP contribution in [-0.2, 0) is 0 Å². The van der Waals surface area contributed by atoms with Crippen molar-refractivity contribution in [3.8, 4) is 0 Å². The summed E-state index contributed by atoms with van der Waals surface area (Å²) in [5.41, 5.74) is 0. The number of nitrogens with zero attached hydrogens (tertiary/aromatic N) is 1. The predicted octanol–water partition coefficient (Wildman–Crippen LogP) is 1.05. The second-order valence-corrected chi connectivity index (χ2v) is 2.65. The van der Waals surface area contributed by atoms with Crippen LogP contribution in [0.2, 0.25) is 0 Å². The van der Waals surface area contributed by atoms with E-state index in [1.54, 1.807) is 4.81 Å². The lowest BCUT2D eigenvalue weighted by Gasteiger charge is -2.23. The molecule has 46 valence electrons. The van der Waals surface area contributed by atoms with Gasteiger partial charge < -0.3 is 4.81 Å². The highest BCUT2D eigenvalue weighted by atomic mass is 15.0. The van der Waals surface area contributed by atoms with Gasteiger partial charge in [-0.2, -0.15) is 0 Å². The van der Waals surface area contributed by atoms with E-state index in [2.05, 4.69) is 20.8 Å². The Labute approximate surface area is 53.5 Å². The Bertz CT molecular complexity index is 53.5. The number of hydrogen-bond donors (Lipinski definition) is 0. The fraction of sp³-hybridized carbons (Fsp3) is 1.00. The lowest BCUT2D eigenvalue weighted by molar-refractivity contribution is 0.331. The maximum absolute atomic E-state index is 5.47. The third-order valence-electron chi connectivity index (χ3n) is 1.61. The third-order valence-corrected chi connectivity index (χ3v) is 1.61. The van der Waals surface area contributed by atoms with Gasteiger partial charge in [0.2, 0.25) is 0 Å². The first kappa shape index (κ1) is 8.02. The van der Waals surface area contributed by atoms with Crippen molar-refractivity contribution >= 4 is 7.98 Å². The molecule has 0 fully saturated rings. The van der Waals surface area contributed by atoms with Gasteiger partial charge in [-0.1, -0.05) is 20.8 Å². The highest BCUT2D eigenvalue weighted by Crippen LogP contribution is 2.03. The Morgan fingerprint density at radius 3 is 1.62 bits per heavy atom. The molecule has 0 saturated carbocycles. The van der Waals surface area contributed by atoms with Crippen molar-refractivity contribution in [3.05, 3.63) is 0 Å². The summed E-state index contributed by atoms with van der Waals surface area (Å²) in [6, 6.07) is 0.481. The molecule has 0 aromatic rings. The molecule has 0 rings (SSSR count). The van der Waals surface area contributed by atoms with E-state index in [4.69, 9.17) is 7.98 Å². The zero-order valence-corrected chi connectivity index (χ0v) is 6.18. The van der Waals surface area contributed by atoms with E-state index in [1.165, 1.54) is 0 Å². The SMILES string of the molecule is [B]N(C)C(C)C(C)C. The van der Waals surface area contributed by atoms with E-state index < -0.39 is 0 Å². The van der Waals surface area contributed by atoms with Gasteiger partial charge in [0.15, 0.2) is 7.98 Å². The highest BCUT2D eigenvalue weighted by Gasteiger charge is 2.06. The first-order chi connectivity index (χ1) is 3.55. The van der Waals surface area contributed by atoms with Crippen molar-refractivity contribution in [2.45, 2.75) is 26.8 Å². The molecule has 0 spiro atoms. The minimum atomic E-state index is 0.481. The molecule has 1 nitrogen and oxygen atoms in total. The monoisotopic (exact) mass is 111 g/mol. The summed E-state index contributed by atoms with van der Waals surface area (Å²) >= 11 is 0. The van der Waals surface area contributed by atoms with Gasteiger partial charge in [-0.05, 0) is 19.0 Å². The van der Waals surface area contributed by atoms with Crippen molar-refractivity contribution in [1.29, 1.82) is 0 Å². The van der Waals surface area contributed by atoms with Crippen molar-refractivity contribution in [2.75, 3.05) is 7.05 Å². The maximum Gasteiger partial charge on any atom is 0.182 e. The Hall–Kier alpha value is 0.0249. The summed E-state index contributed by atoms with van der Waals surface area (Å²) < 4.78 is 0. The van der Waals surface area contributed by atoms with Crippen molar-refractivity contribution in [3.63, 3.8) is 0 Å². The Morgan fingerprint density at radius 1 is 1.25 bits per heavy atom.